The first-order chi connectivity index (χ1) is 6.74. The van der Waals surface area contributed by atoms with E-state index in [1.165, 1.54) is 0 Å². The van der Waals surface area contributed by atoms with Gasteiger partial charge >= 0.3 is 0 Å². The van der Waals surface area contributed by atoms with Crippen LogP contribution in [-0.4, -0.2) is 25.4 Å². The minimum absolute atomic E-state index is 0.131. The van der Waals surface area contributed by atoms with Gasteiger partial charge in [0.1, 0.15) is 6.10 Å². The van der Waals surface area contributed by atoms with Crippen LogP contribution < -0.4 is 5.48 Å². The molecule has 0 unspecified atom stereocenters. The van der Waals surface area contributed by atoms with E-state index in [0.717, 1.165) is 19.6 Å². The molecule has 3 nitrogen and oxygen atoms in total. The van der Waals surface area contributed by atoms with Gasteiger partial charge in [-0.3, -0.25) is 4.84 Å². The highest BCUT2D eigenvalue weighted by atomic mass is 16.7. The lowest BCUT2D eigenvalue weighted by atomic mass is 10.1. The Morgan fingerprint density at radius 1 is 1.64 bits per heavy atom. The number of hydroxylamine groups is 1. The Kier molecular flexibility index (Phi) is 5.15. The zero-order chi connectivity index (χ0) is 10.4. The lowest BCUT2D eigenvalue weighted by Gasteiger charge is -2.20. The van der Waals surface area contributed by atoms with Gasteiger partial charge in [-0.2, -0.15) is 5.48 Å². The first kappa shape index (κ1) is 11.7. The molecule has 0 bridgehead atoms. The van der Waals surface area contributed by atoms with Crippen molar-refractivity contribution in [3.05, 3.63) is 12.2 Å². The van der Waals surface area contributed by atoms with Crippen LogP contribution in [0.2, 0.25) is 0 Å². The Morgan fingerprint density at radius 3 is 3.14 bits per heavy atom. The molecular formula is C11H21NO2. The van der Waals surface area contributed by atoms with Crippen LogP contribution in [0, 0.1) is 5.92 Å². The fourth-order valence-corrected chi connectivity index (χ4v) is 1.40. The predicted molar refractivity (Wildman–Crippen MR) is 56.9 cm³/mol. The van der Waals surface area contributed by atoms with E-state index < -0.39 is 0 Å². The minimum atomic E-state index is 0.131. The summed E-state index contributed by atoms with van der Waals surface area (Å²) in [6.07, 6.45) is 5.46. The van der Waals surface area contributed by atoms with Crippen molar-refractivity contribution in [2.24, 2.45) is 5.92 Å². The molecule has 1 aliphatic heterocycles. The first-order valence-corrected chi connectivity index (χ1v) is 5.39. The van der Waals surface area contributed by atoms with E-state index in [1.54, 1.807) is 0 Å². The van der Waals surface area contributed by atoms with Crippen LogP contribution in [0.3, 0.4) is 0 Å². The number of rotatable bonds is 4. The van der Waals surface area contributed by atoms with Crippen molar-refractivity contribution in [3.63, 3.8) is 0 Å². The molecule has 1 aliphatic rings. The summed E-state index contributed by atoms with van der Waals surface area (Å²) in [7, 11) is 0. The van der Waals surface area contributed by atoms with E-state index in [1.807, 2.05) is 6.92 Å². The van der Waals surface area contributed by atoms with E-state index in [2.05, 4.69) is 31.5 Å². The molecule has 3 heteroatoms. The van der Waals surface area contributed by atoms with Gasteiger partial charge in [0.15, 0.2) is 0 Å². The zero-order valence-electron chi connectivity index (χ0n) is 9.32. The molecule has 14 heavy (non-hydrogen) atoms. The Morgan fingerprint density at radius 2 is 2.43 bits per heavy atom. The lowest BCUT2D eigenvalue weighted by Crippen LogP contribution is -2.32. The SMILES string of the molecule is CCOC[C@@H](C)[C@@H]1C=CC[C@@H](C)NO1. The fraction of sp³-hybridized carbons (Fsp3) is 0.818. The highest BCUT2D eigenvalue weighted by molar-refractivity contribution is 4.95. The Hall–Kier alpha value is -0.380. The summed E-state index contributed by atoms with van der Waals surface area (Å²) in [5.41, 5.74) is 3.03. The highest BCUT2D eigenvalue weighted by Crippen LogP contribution is 2.12. The minimum Gasteiger partial charge on any atom is -0.381 e. The molecule has 82 valence electrons. The molecule has 1 rings (SSSR count). The average molecular weight is 199 g/mol. The molecule has 1 heterocycles. The Bertz CT molecular complexity index is 182. The summed E-state index contributed by atoms with van der Waals surface area (Å²) in [5, 5.41) is 0. The smallest absolute Gasteiger partial charge is 0.102 e. The van der Waals surface area contributed by atoms with Crippen molar-refractivity contribution < 1.29 is 9.57 Å². The third kappa shape index (κ3) is 3.78. The Labute approximate surface area is 86.4 Å². The second-order valence-electron chi connectivity index (χ2n) is 3.90. The maximum absolute atomic E-state index is 5.56. The molecule has 0 fully saturated rings. The van der Waals surface area contributed by atoms with Crippen LogP contribution in [-0.2, 0) is 9.57 Å². The Balaban J connectivity index is 2.35. The second kappa shape index (κ2) is 6.17. The standard InChI is InChI=1S/C11H21NO2/c1-4-13-8-9(2)11-7-5-6-10(3)12-14-11/h5,7,9-12H,4,6,8H2,1-3H3/t9-,10-,11+/m1/s1. The van der Waals surface area contributed by atoms with Crippen LogP contribution in [0.15, 0.2) is 12.2 Å². The first-order valence-electron chi connectivity index (χ1n) is 5.39. The summed E-state index contributed by atoms with van der Waals surface area (Å²) in [4.78, 5) is 5.56. The van der Waals surface area contributed by atoms with Crippen LogP contribution >= 0.6 is 0 Å². The molecule has 1 N–H and O–H groups in total. The molecule has 0 spiro atoms. The van der Waals surface area contributed by atoms with Crippen molar-refractivity contribution in [1.29, 1.82) is 0 Å². The van der Waals surface area contributed by atoms with Crippen molar-refractivity contribution in [2.75, 3.05) is 13.2 Å². The van der Waals surface area contributed by atoms with Crippen molar-refractivity contribution in [3.8, 4) is 0 Å². The van der Waals surface area contributed by atoms with Gasteiger partial charge in [0.25, 0.3) is 0 Å². The van der Waals surface area contributed by atoms with Gasteiger partial charge in [0.2, 0.25) is 0 Å². The van der Waals surface area contributed by atoms with Gasteiger partial charge in [0.05, 0.1) is 6.61 Å². The summed E-state index contributed by atoms with van der Waals surface area (Å²) >= 11 is 0. The van der Waals surface area contributed by atoms with Gasteiger partial charge < -0.3 is 4.74 Å². The van der Waals surface area contributed by atoms with Crippen LogP contribution in [0.25, 0.3) is 0 Å². The molecule has 0 aromatic heterocycles. The predicted octanol–water partition coefficient (Wildman–Crippen LogP) is 1.90. The van der Waals surface area contributed by atoms with E-state index in [-0.39, 0.29) is 6.10 Å². The lowest BCUT2D eigenvalue weighted by molar-refractivity contribution is -0.0527. The monoisotopic (exact) mass is 199 g/mol. The average Bonchev–Trinajstić information content (AvgIpc) is 2.39. The molecular weight excluding hydrogens is 178 g/mol. The molecule has 0 radical (unpaired) electrons. The van der Waals surface area contributed by atoms with Gasteiger partial charge in [-0.05, 0) is 20.3 Å². The third-order valence-electron chi connectivity index (χ3n) is 2.37. The van der Waals surface area contributed by atoms with Gasteiger partial charge in [0, 0.05) is 18.6 Å². The summed E-state index contributed by atoms with van der Waals surface area (Å²) in [5.74, 6) is 0.393. The molecule has 3 atom stereocenters. The summed E-state index contributed by atoms with van der Waals surface area (Å²) < 4.78 is 5.37. The zero-order valence-corrected chi connectivity index (χ0v) is 9.32. The molecule has 0 saturated carbocycles. The van der Waals surface area contributed by atoms with Crippen LogP contribution in [0.5, 0.6) is 0 Å². The second-order valence-corrected chi connectivity index (χ2v) is 3.90. The van der Waals surface area contributed by atoms with Crippen LogP contribution in [0.1, 0.15) is 27.2 Å². The highest BCUT2D eigenvalue weighted by Gasteiger charge is 2.18. The van der Waals surface area contributed by atoms with Crippen LogP contribution in [0.4, 0.5) is 0 Å². The molecule has 0 amide bonds. The van der Waals surface area contributed by atoms with Gasteiger partial charge in [-0.25, -0.2) is 0 Å². The normalized spacial score (nSPS) is 29.9. The number of hydrogen-bond acceptors (Lipinski definition) is 3. The van der Waals surface area contributed by atoms with Gasteiger partial charge in [-0.15, -0.1) is 0 Å². The molecule has 0 aromatic rings. The summed E-state index contributed by atoms with van der Waals surface area (Å²) in [6, 6.07) is 0.399. The third-order valence-corrected chi connectivity index (χ3v) is 2.37. The van der Waals surface area contributed by atoms with Crippen molar-refractivity contribution in [1.82, 2.24) is 5.48 Å². The molecule has 0 aliphatic carbocycles. The van der Waals surface area contributed by atoms with E-state index >= 15 is 0 Å². The topological polar surface area (TPSA) is 30.5 Å². The molecule has 0 aromatic carbocycles. The number of hydrogen-bond donors (Lipinski definition) is 1. The quantitative estimate of drug-likeness (QED) is 0.701. The molecule has 0 saturated heterocycles. The van der Waals surface area contributed by atoms with E-state index in [9.17, 15) is 0 Å². The number of nitrogens with one attached hydrogen (secondary N) is 1. The fourth-order valence-electron chi connectivity index (χ4n) is 1.40. The largest absolute Gasteiger partial charge is 0.381 e. The summed E-state index contributed by atoms with van der Waals surface area (Å²) in [6.45, 7) is 7.78. The van der Waals surface area contributed by atoms with Gasteiger partial charge in [-0.1, -0.05) is 19.1 Å². The van der Waals surface area contributed by atoms with Crippen molar-refractivity contribution in [2.45, 2.75) is 39.3 Å². The van der Waals surface area contributed by atoms with E-state index in [0.29, 0.717) is 12.0 Å². The number of ether oxygens (including phenoxy) is 1. The maximum atomic E-state index is 5.56. The van der Waals surface area contributed by atoms with E-state index in [4.69, 9.17) is 9.57 Å². The maximum Gasteiger partial charge on any atom is 0.102 e. The van der Waals surface area contributed by atoms with Crippen molar-refractivity contribution >= 4 is 0 Å².